The highest BCUT2D eigenvalue weighted by Crippen LogP contribution is 2.39. The zero-order chi connectivity index (χ0) is 15.6. The average molecular weight is 303 g/mol. The second kappa shape index (κ2) is 6.59. The Labute approximate surface area is 134 Å². The summed E-state index contributed by atoms with van der Waals surface area (Å²) >= 11 is 0. The van der Waals surface area contributed by atoms with Crippen LogP contribution in [0.4, 0.5) is 5.69 Å². The third-order valence-electron chi connectivity index (χ3n) is 4.66. The summed E-state index contributed by atoms with van der Waals surface area (Å²) in [5.41, 5.74) is 0.979. The Morgan fingerprint density at radius 1 is 1.05 bits per heavy atom. The van der Waals surface area contributed by atoms with E-state index in [1.54, 1.807) is 0 Å². The molecule has 1 aromatic rings. The molecule has 0 N–H and O–H groups in total. The first-order chi connectivity index (χ1) is 10.5. The van der Waals surface area contributed by atoms with Gasteiger partial charge < -0.3 is 4.74 Å². The van der Waals surface area contributed by atoms with Crippen LogP contribution in [0.3, 0.4) is 0 Å². The molecule has 1 aliphatic heterocycles. The van der Waals surface area contributed by atoms with Crippen molar-refractivity contribution in [1.29, 1.82) is 0 Å². The maximum atomic E-state index is 6.20. The van der Waals surface area contributed by atoms with E-state index < -0.39 is 0 Å². The summed E-state index contributed by atoms with van der Waals surface area (Å²) in [4.78, 5) is 6.20. The van der Waals surface area contributed by atoms with Crippen molar-refractivity contribution in [2.75, 3.05) is 5.06 Å². The number of ether oxygens (including phenoxy) is 1. The number of para-hydroxylation sites is 1. The van der Waals surface area contributed by atoms with E-state index in [0.29, 0.717) is 6.04 Å². The highest BCUT2D eigenvalue weighted by molar-refractivity contribution is 5.45. The Bertz CT molecular complexity index is 462. The molecule has 0 spiro atoms. The molecule has 0 radical (unpaired) electrons. The number of rotatable bonds is 3. The fourth-order valence-corrected chi connectivity index (χ4v) is 3.73. The van der Waals surface area contributed by atoms with Gasteiger partial charge in [-0.2, -0.15) is 0 Å². The van der Waals surface area contributed by atoms with Crippen LogP contribution in [0.5, 0.6) is 0 Å². The molecule has 0 bridgehead atoms. The minimum absolute atomic E-state index is 0.132. The molecule has 3 heteroatoms. The minimum atomic E-state index is -0.172. The SMILES string of the molecule is CC(C)(C)OC1CC(C2CCCCC2)N(c2ccccc2)O1. The Morgan fingerprint density at radius 3 is 2.36 bits per heavy atom. The summed E-state index contributed by atoms with van der Waals surface area (Å²) in [6, 6.07) is 10.9. The summed E-state index contributed by atoms with van der Waals surface area (Å²) in [5, 5.41) is 2.13. The van der Waals surface area contributed by atoms with Gasteiger partial charge in [-0.15, -0.1) is 0 Å². The van der Waals surface area contributed by atoms with Gasteiger partial charge in [-0.1, -0.05) is 37.5 Å². The highest BCUT2D eigenvalue weighted by Gasteiger charge is 2.40. The van der Waals surface area contributed by atoms with Crippen LogP contribution in [0.2, 0.25) is 0 Å². The molecule has 2 fully saturated rings. The molecule has 1 saturated heterocycles. The van der Waals surface area contributed by atoms with Crippen molar-refractivity contribution < 1.29 is 9.57 Å². The quantitative estimate of drug-likeness (QED) is 0.791. The van der Waals surface area contributed by atoms with Crippen LogP contribution in [-0.2, 0) is 9.57 Å². The molecule has 122 valence electrons. The number of anilines is 1. The number of hydrogen-bond donors (Lipinski definition) is 0. The van der Waals surface area contributed by atoms with E-state index in [1.807, 2.05) is 0 Å². The predicted octanol–water partition coefficient (Wildman–Crippen LogP) is 4.92. The first kappa shape index (κ1) is 15.8. The highest BCUT2D eigenvalue weighted by atomic mass is 16.8. The molecule has 0 aromatic heterocycles. The smallest absolute Gasteiger partial charge is 0.186 e. The van der Waals surface area contributed by atoms with Crippen LogP contribution in [0, 0.1) is 5.92 Å². The summed E-state index contributed by atoms with van der Waals surface area (Å²) in [7, 11) is 0. The molecule has 22 heavy (non-hydrogen) atoms. The van der Waals surface area contributed by atoms with E-state index in [0.717, 1.165) is 18.0 Å². The average Bonchev–Trinajstić information content (AvgIpc) is 2.91. The van der Waals surface area contributed by atoms with Crippen LogP contribution in [0.25, 0.3) is 0 Å². The molecule has 3 rings (SSSR count). The number of hydroxylamine groups is 1. The van der Waals surface area contributed by atoms with Crippen LogP contribution in [0.15, 0.2) is 30.3 Å². The van der Waals surface area contributed by atoms with Gasteiger partial charge >= 0.3 is 0 Å². The molecule has 3 nitrogen and oxygen atoms in total. The fraction of sp³-hybridized carbons (Fsp3) is 0.684. The monoisotopic (exact) mass is 303 g/mol. The molecule has 2 aliphatic rings. The lowest BCUT2D eigenvalue weighted by atomic mass is 9.82. The van der Waals surface area contributed by atoms with E-state index in [9.17, 15) is 0 Å². The zero-order valence-electron chi connectivity index (χ0n) is 14.1. The Balaban J connectivity index is 1.77. The lowest BCUT2D eigenvalue weighted by Gasteiger charge is -2.33. The van der Waals surface area contributed by atoms with E-state index in [1.165, 1.54) is 32.1 Å². The molecule has 0 amide bonds. The van der Waals surface area contributed by atoms with Gasteiger partial charge in [0.2, 0.25) is 0 Å². The lowest BCUT2D eigenvalue weighted by molar-refractivity contribution is -0.176. The maximum Gasteiger partial charge on any atom is 0.186 e. The van der Waals surface area contributed by atoms with Gasteiger partial charge in [-0.25, -0.2) is 9.90 Å². The molecule has 2 atom stereocenters. The summed E-state index contributed by atoms with van der Waals surface area (Å²) in [6.07, 6.45) is 7.57. The molecular formula is C19H29NO2. The predicted molar refractivity (Wildman–Crippen MR) is 89.6 cm³/mol. The van der Waals surface area contributed by atoms with Crippen LogP contribution >= 0.6 is 0 Å². The van der Waals surface area contributed by atoms with Crippen molar-refractivity contribution in [3.8, 4) is 0 Å². The first-order valence-corrected chi connectivity index (χ1v) is 8.72. The first-order valence-electron chi connectivity index (χ1n) is 8.72. The van der Waals surface area contributed by atoms with Gasteiger partial charge in [-0.05, 0) is 51.7 Å². The van der Waals surface area contributed by atoms with Crippen molar-refractivity contribution in [3.63, 3.8) is 0 Å². The fourth-order valence-electron chi connectivity index (χ4n) is 3.73. The third kappa shape index (κ3) is 3.82. The Hall–Kier alpha value is -1.06. The van der Waals surface area contributed by atoms with Crippen molar-refractivity contribution in [2.24, 2.45) is 5.92 Å². The molecule has 1 aliphatic carbocycles. The van der Waals surface area contributed by atoms with Crippen molar-refractivity contribution >= 4 is 5.69 Å². The Kier molecular flexibility index (Phi) is 4.74. The van der Waals surface area contributed by atoms with Crippen molar-refractivity contribution in [1.82, 2.24) is 0 Å². The van der Waals surface area contributed by atoms with Gasteiger partial charge in [0.25, 0.3) is 0 Å². The van der Waals surface area contributed by atoms with Gasteiger partial charge in [0, 0.05) is 6.42 Å². The Morgan fingerprint density at radius 2 is 1.73 bits per heavy atom. The summed E-state index contributed by atoms with van der Waals surface area (Å²) < 4.78 is 6.11. The van der Waals surface area contributed by atoms with Crippen LogP contribution < -0.4 is 5.06 Å². The van der Waals surface area contributed by atoms with Crippen LogP contribution in [0.1, 0.15) is 59.3 Å². The topological polar surface area (TPSA) is 21.7 Å². The zero-order valence-corrected chi connectivity index (χ0v) is 14.1. The van der Waals surface area contributed by atoms with Crippen molar-refractivity contribution in [2.45, 2.75) is 77.2 Å². The number of hydrogen-bond acceptors (Lipinski definition) is 3. The summed E-state index contributed by atoms with van der Waals surface area (Å²) in [6.45, 7) is 6.28. The van der Waals surface area contributed by atoms with E-state index in [2.05, 4.69) is 56.2 Å². The number of benzene rings is 1. The molecule has 1 heterocycles. The molecular weight excluding hydrogens is 274 g/mol. The molecule has 1 aromatic carbocycles. The van der Waals surface area contributed by atoms with Gasteiger partial charge in [0.05, 0.1) is 17.3 Å². The van der Waals surface area contributed by atoms with Gasteiger partial charge in [0.15, 0.2) is 6.29 Å². The van der Waals surface area contributed by atoms with E-state index in [4.69, 9.17) is 9.57 Å². The van der Waals surface area contributed by atoms with Gasteiger partial charge in [0.1, 0.15) is 0 Å². The number of nitrogens with zero attached hydrogens (tertiary/aromatic N) is 1. The maximum absolute atomic E-state index is 6.20. The standard InChI is InChI=1S/C19H29NO2/c1-19(2,3)21-18-14-17(15-10-6-4-7-11-15)20(22-18)16-12-8-5-9-13-16/h5,8-9,12-13,15,17-18H,4,6-7,10-11,14H2,1-3H3. The van der Waals surface area contributed by atoms with E-state index >= 15 is 0 Å². The summed E-state index contributed by atoms with van der Waals surface area (Å²) in [5.74, 6) is 0.725. The van der Waals surface area contributed by atoms with E-state index in [-0.39, 0.29) is 11.9 Å². The van der Waals surface area contributed by atoms with Crippen LogP contribution in [-0.4, -0.2) is 17.9 Å². The second-order valence-corrected chi connectivity index (χ2v) is 7.63. The molecule has 2 unspecified atom stereocenters. The third-order valence-corrected chi connectivity index (χ3v) is 4.66. The largest absolute Gasteiger partial charge is 0.345 e. The van der Waals surface area contributed by atoms with Crippen molar-refractivity contribution in [3.05, 3.63) is 30.3 Å². The lowest BCUT2D eigenvalue weighted by Crippen LogP contribution is -2.35. The minimum Gasteiger partial charge on any atom is -0.345 e. The normalized spacial score (nSPS) is 27.3. The molecule has 1 saturated carbocycles. The second-order valence-electron chi connectivity index (χ2n) is 7.63. The van der Waals surface area contributed by atoms with Gasteiger partial charge in [-0.3, -0.25) is 0 Å².